The number of fused-ring (bicyclic) bond motifs is 1. The van der Waals surface area contributed by atoms with Crippen LogP contribution in [-0.2, 0) is 19.1 Å². The van der Waals surface area contributed by atoms with Crippen LogP contribution in [0.2, 0.25) is 0 Å². The molecule has 0 saturated carbocycles. The van der Waals surface area contributed by atoms with E-state index >= 15 is 0 Å². The van der Waals surface area contributed by atoms with Crippen LogP contribution in [-0.4, -0.2) is 36.5 Å². The summed E-state index contributed by atoms with van der Waals surface area (Å²) in [4.78, 5) is 38.6. The molecule has 2 N–H and O–H groups in total. The van der Waals surface area contributed by atoms with Crippen molar-refractivity contribution in [2.75, 3.05) is 13.7 Å². The van der Waals surface area contributed by atoms with Crippen LogP contribution >= 0.6 is 15.9 Å². The zero-order valence-corrected chi connectivity index (χ0v) is 15.5. The number of amides is 1. The molecule has 132 valence electrons. The lowest BCUT2D eigenvalue weighted by atomic mass is 10.1. The lowest BCUT2D eigenvalue weighted by molar-refractivity contribution is -0.137. The molecule has 0 radical (unpaired) electrons. The van der Waals surface area contributed by atoms with E-state index in [-0.39, 0.29) is 18.0 Å². The van der Waals surface area contributed by atoms with Gasteiger partial charge < -0.3 is 19.8 Å². The minimum absolute atomic E-state index is 0.0820. The fraction of sp³-hybridized carbons (Fsp3) is 0.235. The third-order valence-electron chi connectivity index (χ3n) is 3.29. The number of H-pyrrole nitrogens is 1. The summed E-state index contributed by atoms with van der Waals surface area (Å²) in [5.74, 6) is -1.72. The summed E-state index contributed by atoms with van der Waals surface area (Å²) in [5.41, 5.74) is 1.21. The highest BCUT2D eigenvalue weighted by molar-refractivity contribution is 9.10. The van der Waals surface area contributed by atoms with E-state index in [9.17, 15) is 14.4 Å². The van der Waals surface area contributed by atoms with Crippen molar-refractivity contribution in [2.45, 2.75) is 13.8 Å². The Kier molecular flexibility index (Phi) is 5.97. The predicted octanol–water partition coefficient (Wildman–Crippen LogP) is 2.76. The average molecular weight is 409 g/mol. The number of ether oxygens (including phenoxy) is 2. The summed E-state index contributed by atoms with van der Waals surface area (Å²) in [6.07, 6.45) is 1.39. The fourth-order valence-corrected chi connectivity index (χ4v) is 2.65. The highest BCUT2D eigenvalue weighted by Crippen LogP contribution is 2.28. The number of esters is 2. The van der Waals surface area contributed by atoms with Gasteiger partial charge in [0.2, 0.25) is 5.91 Å². The van der Waals surface area contributed by atoms with E-state index in [0.717, 1.165) is 4.47 Å². The van der Waals surface area contributed by atoms with Crippen LogP contribution in [0.1, 0.15) is 29.9 Å². The normalized spacial score (nSPS) is 11.3. The first-order valence-electron chi connectivity index (χ1n) is 7.43. The zero-order chi connectivity index (χ0) is 18.6. The molecule has 0 bridgehead atoms. The van der Waals surface area contributed by atoms with Crippen LogP contribution < -0.4 is 5.32 Å². The minimum atomic E-state index is -0.727. The predicted molar refractivity (Wildman–Crippen MR) is 95.8 cm³/mol. The van der Waals surface area contributed by atoms with Gasteiger partial charge in [-0.2, -0.15) is 0 Å². The number of benzene rings is 1. The molecule has 0 unspecified atom stereocenters. The lowest BCUT2D eigenvalue weighted by Gasteiger charge is -2.07. The number of nitrogens with one attached hydrogen (secondary N) is 2. The van der Waals surface area contributed by atoms with Gasteiger partial charge in [0.15, 0.2) is 0 Å². The maximum absolute atomic E-state index is 12.3. The highest BCUT2D eigenvalue weighted by Gasteiger charge is 2.20. The van der Waals surface area contributed by atoms with Crippen molar-refractivity contribution in [3.8, 4) is 0 Å². The molecule has 7 nitrogen and oxygen atoms in total. The number of hydrogen-bond acceptors (Lipinski definition) is 5. The third-order valence-corrected chi connectivity index (χ3v) is 3.78. The van der Waals surface area contributed by atoms with Crippen LogP contribution in [0, 0.1) is 0 Å². The number of methoxy groups -OCH3 is 1. The maximum atomic E-state index is 12.3. The molecule has 0 atom stereocenters. The van der Waals surface area contributed by atoms with Gasteiger partial charge in [-0.25, -0.2) is 9.59 Å². The second-order valence-electron chi connectivity index (χ2n) is 5.05. The van der Waals surface area contributed by atoms with Gasteiger partial charge in [0.05, 0.1) is 13.7 Å². The van der Waals surface area contributed by atoms with E-state index in [1.165, 1.54) is 20.1 Å². The van der Waals surface area contributed by atoms with Crippen molar-refractivity contribution >= 4 is 50.8 Å². The molecule has 0 saturated heterocycles. The molecule has 1 aromatic heterocycles. The third kappa shape index (κ3) is 4.27. The van der Waals surface area contributed by atoms with Crippen molar-refractivity contribution in [3.05, 3.63) is 39.6 Å². The molecule has 8 heteroatoms. The van der Waals surface area contributed by atoms with Gasteiger partial charge in [0.25, 0.3) is 0 Å². The first-order chi connectivity index (χ1) is 11.9. The van der Waals surface area contributed by atoms with Crippen molar-refractivity contribution in [3.63, 3.8) is 0 Å². The Labute approximate surface area is 152 Å². The molecule has 1 aromatic carbocycles. The molecule has 25 heavy (non-hydrogen) atoms. The zero-order valence-electron chi connectivity index (χ0n) is 13.9. The van der Waals surface area contributed by atoms with E-state index in [1.54, 1.807) is 19.1 Å². The molecular weight excluding hydrogens is 392 g/mol. The van der Waals surface area contributed by atoms with Crippen LogP contribution in [0.25, 0.3) is 17.0 Å². The van der Waals surface area contributed by atoms with Gasteiger partial charge in [-0.3, -0.25) is 4.79 Å². The summed E-state index contributed by atoms with van der Waals surface area (Å²) in [7, 11) is 1.20. The summed E-state index contributed by atoms with van der Waals surface area (Å²) < 4.78 is 10.5. The van der Waals surface area contributed by atoms with Gasteiger partial charge in [-0.15, -0.1) is 0 Å². The molecule has 0 aliphatic rings. The van der Waals surface area contributed by atoms with Gasteiger partial charge in [-0.05, 0) is 31.2 Å². The molecule has 0 spiro atoms. The van der Waals surface area contributed by atoms with E-state index in [1.807, 2.05) is 6.07 Å². The Balaban J connectivity index is 2.70. The monoisotopic (exact) mass is 408 g/mol. The van der Waals surface area contributed by atoms with Crippen LogP contribution in [0.15, 0.2) is 28.4 Å². The first-order valence-corrected chi connectivity index (χ1v) is 8.22. The van der Waals surface area contributed by atoms with Crippen molar-refractivity contribution < 1.29 is 23.9 Å². The Morgan fingerprint density at radius 1 is 1.32 bits per heavy atom. The molecular formula is C17H17BrN2O5. The SMILES string of the molecule is CCOC(=O)c1[nH]c2ccc(Br)cc2c1/C=C(\NC(C)=O)C(=O)OC. The average Bonchev–Trinajstić information content (AvgIpc) is 2.91. The molecule has 0 fully saturated rings. The second-order valence-corrected chi connectivity index (χ2v) is 5.97. The smallest absolute Gasteiger partial charge is 0.355 e. The van der Waals surface area contributed by atoms with E-state index in [0.29, 0.717) is 16.5 Å². The number of rotatable bonds is 5. The Morgan fingerprint density at radius 2 is 2.04 bits per heavy atom. The molecule has 0 aliphatic heterocycles. The molecule has 0 aliphatic carbocycles. The van der Waals surface area contributed by atoms with Gasteiger partial charge in [0, 0.05) is 27.9 Å². The highest BCUT2D eigenvalue weighted by atomic mass is 79.9. The molecule has 2 rings (SSSR count). The quantitative estimate of drug-likeness (QED) is 0.585. The summed E-state index contributed by atoms with van der Waals surface area (Å²) in [6, 6.07) is 5.40. The van der Waals surface area contributed by atoms with Crippen LogP contribution in [0.3, 0.4) is 0 Å². The maximum Gasteiger partial charge on any atom is 0.355 e. The van der Waals surface area contributed by atoms with Crippen molar-refractivity contribution in [1.29, 1.82) is 0 Å². The Morgan fingerprint density at radius 3 is 2.64 bits per heavy atom. The Bertz CT molecular complexity index is 869. The van der Waals surface area contributed by atoms with Gasteiger partial charge >= 0.3 is 11.9 Å². The van der Waals surface area contributed by atoms with E-state index in [4.69, 9.17) is 4.74 Å². The van der Waals surface area contributed by atoms with Gasteiger partial charge in [-0.1, -0.05) is 15.9 Å². The number of hydrogen-bond donors (Lipinski definition) is 2. The van der Waals surface area contributed by atoms with E-state index in [2.05, 4.69) is 31.0 Å². The standard InChI is InChI=1S/C17H17BrN2O5/c1-4-25-17(23)15-12(8-14(16(22)24-3)19-9(2)21)11-7-10(18)5-6-13(11)20-15/h5-8,20H,4H2,1-3H3,(H,19,21)/b14-8-. The van der Waals surface area contributed by atoms with Crippen LogP contribution in [0.5, 0.6) is 0 Å². The number of aromatic nitrogens is 1. The van der Waals surface area contributed by atoms with Crippen LogP contribution in [0.4, 0.5) is 0 Å². The second kappa shape index (κ2) is 7.98. The summed E-state index contributed by atoms with van der Waals surface area (Å²) >= 11 is 3.38. The van der Waals surface area contributed by atoms with Gasteiger partial charge in [0.1, 0.15) is 11.4 Å². The number of aromatic amines is 1. The lowest BCUT2D eigenvalue weighted by Crippen LogP contribution is -2.25. The minimum Gasteiger partial charge on any atom is -0.464 e. The largest absolute Gasteiger partial charge is 0.464 e. The van der Waals surface area contributed by atoms with Crippen molar-refractivity contribution in [2.24, 2.45) is 0 Å². The van der Waals surface area contributed by atoms with E-state index < -0.39 is 17.8 Å². The summed E-state index contributed by atoms with van der Waals surface area (Å²) in [5, 5.41) is 3.10. The number of carbonyl (C=O) groups excluding carboxylic acids is 3. The first kappa shape index (κ1) is 18.7. The topological polar surface area (TPSA) is 97.5 Å². The molecule has 1 amide bonds. The number of halogens is 1. The summed E-state index contributed by atoms with van der Waals surface area (Å²) in [6.45, 7) is 3.18. The molecule has 2 aromatic rings. The fourth-order valence-electron chi connectivity index (χ4n) is 2.29. The molecule has 1 heterocycles. The van der Waals surface area contributed by atoms with Crippen molar-refractivity contribution in [1.82, 2.24) is 10.3 Å². The number of carbonyl (C=O) groups is 3. The Hall–Kier alpha value is -2.61.